The van der Waals surface area contributed by atoms with Gasteiger partial charge in [-0.1, -0.05) is 6.92 Å². The maximum absolute atomic E-state index is 11.7. The smallest absolute Gasteiger partial charge is 0.227 e. The Hall–Kier alpha value is -0.570. The predicted octanol–water partition coefficient (Wildman–Crippen LogP) is 0.592. The van der Waals surface area contributed by atoms with E-state index in [1.165, 1.54) is 0 Å². The van der Waals surface area contributed by atoms with Crippen molar-refractivity contribution in [3.63, 3.8) is 0 Å². The highest BCUT2D eigenvalue weighted by atomic mass is 16.2. The standard InChI is InChI=1S/C10H18N2O/c1-7-2-4-12(5-3-7)10(13)8-6-9(8)11/h7-9H,2-6,11H2,1H3. The number of carbonyl (C=O) groups is 1. The number of nitrogens with two attached hydrogens (primary N) is 1. The number of amides is 1. The first-order valence-corrected chi connectivity index (χ1v) is 5.23. The van der Waals surface area contributed by atoms with Gasteiger partial charge in [0, 0.05) is 19.1 Å². The molecule has 0 radical (unpaired) electrons. The van der Waals surface area contributed by atoms with Crippen LogP contribution in [0, 0.1) is 11.8 Å². The Balaban J connectivity index is 1.84. The molecule has 0 aromatic rings. The van der Waals surface area contributed by atoms with Crippen molar-refractivity contribution in [3.05, 3.63) is 0 Å². The van der Waals surface area contributed by atoms with Crippen molar-refractivity contribution in [2.24, 2.45) is 17.6 Å². The fraction of sp³-hybridized carbons (Fsp3) is 0.900. The summed E-state index contributed by atoms with van der Waals surface area (Å²) in [7, 11) is 0. The lowest BCUT2D eigenvalue weighted by molar-refractivity contribution is -0.133. The van der Waals surface area contributed by atoms with Gasteiger partial charge in [-0.3, -0.25) is 4.79 Å². The molecule has 1 saturated heterocycles. The molecule has 1 saturated carbocycles. The zero-order chi connectivity index (χ0) is 9.42. The molecule has 0 aromatic carbocycles. The molecule has 3 nitrogen and oxygen atoms in total. The highest BCUT2D eigenvalue weighted by Crippen LogP contribution is 2.31. The monoisotopic (exact) mass is 182 g/mol. The maximum Gasteiger partial charge on any atom is 0.227 e. The molecule has 1 amide bonds. The van der Waals surface area contributed by atoms with Crippen molar-refractivity contribution >= 4 is 5.91 Å². The molecule has 2 unspecified atom stereocenters. The Kier molecular flexibility index (Phi) is 2.28. The van der Waals surface area contributed by atoms with Gasteiger partial charge >= 0.3 is 0 Å². The third-order valence-corrected chi connectivity index (χ3v) is 3.25. The number of carbonyl (C=O) groups excluding carboxylic acids is 1. The van der Waals surface area contributed by atoms with Crippen molar-refractivity contribution in [3.8, 4) is 0 Å². The van der Waals surface area contributed by atoms with Gasteiger partial charge in [0.05, 0.1) is 5.92 Å². The Bertz CT molecular complexity index is 209. The quantitative estimate of drug-likeness (QED) is 0.645. The Labute approximate surface area is 79.3 Å². The average molecular weight is 182 g/mol. The minimum atomic E-state index is 0.159. The molecule has 2 N–H and O–H groups in total. The zero-order valence-electron chi connectivity index (χ0n) is 8.20. The van der Waals surface area contributed by atoms with Crippen molar-refractivity contribution < 1.29 is 4.79 Å². The normalized spacial score (nSPS) is 34.8. The molecule has 0 aromatic heterocycles. The fourth-order valence-electron chi connectivity index (χ4n) is 1.96. The third-order valence-electron chi connectivity index (χ3n) is 3.25. The van der Waals surface area contributed by atoms with Crippen LogP contribution in [-0.4, -0.2) is 29.9 Å². The first-order valence-electron chi connectivity index (χ1n) is 5.23. The SMILES string of the molecule is CC1CCN(C(=O)C2CC2N)CC1. The first-order chi connectivity index (χ1) is 6.18. The highest BCUT2D eigenvalue weighted by molar-refractivity contribution is 5.82. The molecule has 2 atom stereocenters. The van der Waals surface area contributed by atoms with E-state index in [0.717, 1.165) is 38.3 Å². The van der Waals surface area contributed by atoms with Crippen LogP contribution in [0.25, 0.3) is 0 Å². The van der Waals surface area contributed by atoms with Crippen LogP contribution in [0.15, 0.2) is 0 Å². The third kappa shape index (κ3) is 1.85. The molecule has 13 heavy (non-hydrogen) atoms. The van der Waals surface area contributed by atoms with E-state index in [1.807, 2.05) is 4.90 Å². The van der Waals surface area contributed by atoms with Gasteiger partial charge in [-0.2, -0.15) is 0 Å². The van der Waals surface area contributed by atoms with Crippen LogP contribution < -0.4 is 5.73 Å². The topological polar surface area (TPSA) is 46.3 Å². The summed E-state index contributed by atoms with van der Waals surface area (Å²) in [6.07, 6.45) is 3.23. The molecule has 0 bridgehead atoms. The summed E-state index contributed by atoms with van der Waals surface area (Å²) in [4.78, 5) is 13.7. The second-order valence-corrected chi connectivity index (χ2v) is 4.51. The van der Waals surface area contributed by atoms with E-state index in [1.54, 1.807) is 0 Å². The summed E-state index contributed by atoms with van der Waals surface area (Å²) in [5, 5.41) is 0. The second-order valence-electron chi connectivity index (χ2n) is 4.51. The summed E-state index contributed by atoms with van der Waals surface area (Å²) in [5.41, 5.74) is 5.65. The summed E-state index contributed by atoms with van der Waals surface area (Å²) < 4.78 is 0. The van der Waals surface area contributed by atoms with E-state index in [4.69, 9.17) is 5.73 Å². The molecular formula is C10H18N2O. The zero-order valence-corrected chi connectivity index (χ0v) is 8.20. The predicted molar refractivity (Wildman–Crippen MR) is 51.1 cm³/mol. The molecule has 2 rings (SSSR count). The lowest BCUT2D eigenvalue weighted by Crippen LogP contribution is -2.39. The maximum atomic E-state index is 11.7. The first kappa shape index (κ1) is 9.00. The average Bonchev–Trinajstić information content (AvgIpc) is 2.83. The summed E-state index contributed by atoms with van der Waals surface area (Å²) >= 11 is 0. The Morgan fingerprint density at radius 2 is 1.92 bits per heavy atom. The van der Waals surface area contributed by atoms with Gasteiger partial charge in [-0.05, 0) is 25.2 Å². The van der Waals surface area contributed by atoms with E-state index in [-0.39, 0.29) is 12.0 Å². The molecule has 1 heterocycles. The van der Waals surface area contributed by atoms with E-state index in [9.17, 15) is 4.79 Å². The van der Waals surface area contributed by atoms with Crippen LogP contribution in [0.5, 0.6) is 0 Å². The Morgan fingerprint density at radius 3 is 2.38 bits per heavy atom. The largest absolute Gasteiger partial charge is 0.342 e. The van der Waals surface area contributed by atoms with Gasteiger partial charge in [-0.15, -0.1) is 0 Å². The number of rotatable bonds is 1. The lowest BCUT2D eigenvalue weighted by atomic mass is 9.99. The molecule has 2 aliphatic rings. The minimum Gasteiger partial charge on any atom is -0.342 e. The van der Waals surface area contributed by atoms with Crippen LogP contribution in [0.3, 0.4) is 0 Å². The summed E-state index contributed by atoms with van der Waals surface area (Å²) in [5.74, 6) is 1.25. The van der Waals surface area contributed by atoms with Gasteiger partial charge in [0.25, 0.3) is 0 Å². The molecule has 2 fully saturated rings. The molecular weight excluding hydrogens is 164 g/mol. The van der Waals surface area contributed by atoms with Crippen LogP contribution >= 0.6 is 0 Å². The number of piperidine rings is 1. The molecule has 0 spiro atoms. The summed E-state index contributed by atoms with van der Waals surface area (Å²) in [6.45, 7) is 4.15. The van der Waals surface area contributed by atoms with Crippen molar-refractivity contribution in [2.45, 2.75) is 32.2 Å². The number of likely N-dealkylation sites (tertiary alicyclic amines) is 1. The van der Waals surface area contributed by atoms with Gasteiger partial charge in [0.2, 0.25) is 5.91 Å². The number of hydrogen-bond acceptors (Lipinski definition) is 2. The summed E-state index contributed by atoms with van der Waals surface area (Å²) in [6, 6.07) is 0.159. The highest BCUT2D eigenvalue weighted by Gasteiger charge is 2.42. The van der Waals surface area contributed by atoms with Crippen LogP contribution in [0.2, 0.25) is 0 Å². The molecule has 1 aliphatic heterocycles. The van der Waals surface area contributed by atoms with Crippen LogP contribution in [-0.2, 0) is 4.79 Å². The van der Waals surface area contributed by atoms with Crippen LogP contribution in [0.1, 0.15) is 26.2 Å². The van der Waals surface area contributed by atoms with Crippen molar-refractivity contribution in [2.75, 3.05) is 13.1 Å². The van der Waals surface area contributed by atoms with Crippen LogP contribution in [0.4, 0.5) is 0 Å². The van der Waals surface area contributed by atoms with E-state index >= 15 is 0 Å². The van der Waals surface area contributed by atoms with E-state index in [2.05, 4.69) is 6.92 Å². The van der Waals surface area contributed by atoms with Gasteiger partial charge in [-0.25, -0.2) is 0 Å². The fourth-order valence-corrected chi connectivity index (χ4v) is 1.96. The minimum absolute atomic E-state index is 0.159. The molecule has 74 valence electrons. The van der Waals surface area contributed by atoms with Gasteiger partial charge in [0.15, 0.2) is 0 Å². The molecule has 1 aliphatic carbocycles. The van der Waals surface area contributed by atoms with E-state index in [0.29, 0.717) is 5.91 Å². The van der Waals surface area contributed by atoms with E-state index < -0.39 is 0 Å². The number of hydrogen-bond donors (Lipinski definition) is 1. The van der Waals surface area contributed by atoms with Crippen molar-refractivity contribution in [1.82, 2.24) is 4.90 Å². The second kappa shape index (κ2) is 3.29. The lowest BCUT2D eigenvalue weighted by Gasteiger charge is -2.30. The Morgan fingerprint density at radius 1 is 1.38 bits per heavy atom. The molecule has 3 heteroatoms. The van der Waals surface area contributed by atoms with Gasteiger partial charge < -0.3 is 10.6 Å². The number of nitrogens with zero attached hydrogens (tertiary/aromatic N) is 1. The van der Waals surface area contributed by atoms with Gasteiger partial charge in [0.1, 0.15) is 0 Å². The van der Waals surface area contributed by atoms with Crippen molar-refractivity contribution in [1.29, 1.82) is 0 Å².